The number of rotatable bonds is 1. The van der Waals surface area contributed by atoms with Crippen LogP contribution in [0.4, 0.5) is 0 Å². The maximum absolute atomic E-state index is 12.1. The van der Waals surface area contributed by atoms with E-state index in [0.717, 1.165) is 24.8 Å². The van der Waals surface area contributed by atoms with E-state index in [1.807, 2.05) is 0 Å². The first-order valence-electron chi connectivity index (χ1n) is 6.00. The molecular formula is C14H20O. The molecule has 0 heterocycles. The number of hydrogen-bond acceptors (Lipinski definition) is 1. The van der Waals surface area contributed by atoms with Crippen LogP contribution in [0.15, 0.2) is 24.3 Å². The summed E-state index contributed by atoms with van der Waals surface area (Å²) in [5.74, 6) is 2.19. The van der Waals surface area contributed by atoms with E-state index < -0.39 is 0 Å². The molecule has 0 spiro atoms. The molecule has 0 aromatic rings. The maximum atomic E-state index is 12.1. The number of carbonyl (C=O) groups is 1. The molecule has 0 aromatic heterocycles. The average molecular weight is 204 g/mol. The zero-order valence-corrected chi connectivity index (χ0v) is 9.70. The third-order valence-electron chi connectivity index (χ3n) is 4.00. The molecule has 2 rings (SSSR count). The van der Waals surface area contributed by atoms with E-state index >= 15 is 0 Å². The smallest absolute Gasteiger partial charge is 0.162 e. The monoisotopic (exact) mass is 204 g/mol. The van der Waals surface area contributed by atoms with Gasteiger partial charge in [-0.15, -0.1) is 0 Å². The predicted molar refractivity (Wildman–Crippen MR) is 62.4 cm³/mol. The summed E-state index contributed by atoms with van der Waals surface area (Å²) >= 11 is 0. The van der Waals surface area contributed by atoms with Gasteiger partial charge < -0.3 is 0 Å². The number of fused-ring (bicyclic) bond motifs is 1. The van der Waals surface area contributed by atoms with E-state index in [0.29, 0.717) is 23.5 Å². The van der Waals surface area contributed by atoms with E-state index in [-0.39, 0.29) is 5.92 Å². The Morgan fingerprint density at radius 2 is 2.20 bits per heavy atom. The van der Waals surface area contributed by atoms with Gasteiger partial charge in [0.05, 0.1) is 0 Å². The average Bonchev–Trinajstić information content (AvgIpc) is 2.23. The SMILES string of the molecule is C=C1CCC2C=CCC(C(C)C)C2C1=O. The first kappa shape index (κ1) is 10.7. The molecular weight excluding hydrogens is 184 g/mol. The molecule has 0 bridgehead atoms. The molecule has 0 aromatic carbocycles. The Hall–Kier alpha value is -0.850. The molecule has 1 heteroatoms. The molecule has 82 valence electrons. The molecule has 2 aliphatic carbocycles. The van der Waals surface area contributed by atoms with E-state index in [1.165, 1.54) is 0 Å². The normalized spacial score (nSPS) is 35.8. The molecule has 2 aliphatic rings. The fourth-order valence-corrected chi connectivity index (χ4v) is 3.05. The van der Waals surface area contributed by atoms with Gasteiger partial charge in [0.2, 0.25) is 0 Å². The first-order chi connectivity index (χ1) is 7.11. The van der Waals surface area contributed by atoms with E-state index in [2.05, 4.69) is 32.6 Å². The van der Waals surface area contributed by atoms with Crippen molar-refractivity contribution in [1.29, 1.82) is 0 Å². The number of hydrogen-bond donors (Lipinski definition) is 0. The van der Waals surface area contributed by atoms with E-state index in [9.17, 15) is 4.79 Å². The van der Waals surface area contributed by atoms with Gasteiger partial charge in [-0.3, -0.25) is 4.79 Å². The molecule has 3 atom stereocenters. The molecule has 0 saturated heterocycles. The minimum atomic E-state index is 0.233. The summed E-state index contributed by atoms with van der Waals surface area (Å²) in [5, 5.41) is 0. The van der Waals surface area contributed by atoms with Crippen molar-refractivity contribution < 1.29 is 4.79 Å². The molecule has 0 amide bonds. The van der Waals surface area contributed by atoms with Crippen LogP contribution in [0.2, 0.25) is 0 Å². The fraction of sp³-hybridized carbons (Fsp3) is 0.643. The topological polar surface area (TPSA) is 17.1 Å². The summed E-state index contributed by atoms with van der Waals surface area (Å²) in [7, 11) is 0. The highest BCUT2D eigenvalue weighted by atomic mass is 16.1. The molecule has 1 fully saturated rings. The lowest BCUT2D eigenvalue weighted by molar-refractivity contribution is -0.124. The van der Waals surface area contributed by atoms with Crippen LogP contribution in [0.25, 0.3) is 0 Å². The van der Waals surface area contributed by atoms with Crippen LogP contribution < -0.4 is 0 Å². The van der Waals surface area contributed by atoms with Gasteiger partial charge >= 0.3 is 0 Å². The van der Waals surface area contributed by atoms with Crippen molar-refractivity contribution in [1.82, 2.24) is 0 Å². The fourth-order valence-electron chi connectivity index (χ4n) is 3.05. The summed E-state index contributed by atoms with van der Waals surface area (Å²) < 4.78 is 0. The summed E-state index contributed by atoms with van der Waals surface area (Å²) in [5.41, 5.74) is 0.859. The van der Waals surface area contributed by atoms with Crippen molar-refractivity contribution in [2.75, 3.05) is 0 Å². The van der Waals surface area contributed by atoms with Gasteiger partial charge in [-0.1, -0.05) is 32.6 Å². The Morgan fingerprint density at radius 3 is 2.87 bits per heavy atom. The van der Waals surface area contributed by atoms with Crippen LogP contribution in [0.3, 0.4) is 0 Å². The minimum absolute atomic E-state index is 0.233. The summed E-state index contributed by atoms with van der Waals surface area (Å²) in [6, 6.07) is 0. The standard InChI is InChI=1S/C14H20O/c1-9(2)12-6-4-5-11-8-7-10(3)14(15)13(11)12/h4-5,9,11-13H,3,6-8H2,1-2H3. The Bertz CT molecular complexity index is 311. The van der Waals surface area contributed by atoms with Crippen LogP contribution in [-0.2, 0) is 4.79 Å². The maximum Gasteiger partial charge on any atom is 0.162 e. The molecule has 15 heavy (non-hydrogen) atoms. The zero-order chi connectivity index (χ0) is 11.0. The number of carbonyl (C=O) groups excluding carboxylic acids is 1. The largest absolute Gasteiger partial charge is 0.294 e. The number of ketones is 1. The lowest BCUT2D eigenvalue weighted by Gasteiger charge is -2.39. The van der Waals surface area contributed by atoms with Crippen molar-refractivity contribution in [2.24, 2.45) is 23.7 Å². The van der Waals surface area contributed by atoms with Crippen molar-refractivity contribution in [3.8, 4) is 0 Å². The Labute approximate surface area is 92.3 Å². The number of allylic oxidation sites excluding steroid dienone is 3. The molecule has 0 radical (unpaired) electrons. The van der Waals surface area contributed by atoms with Gasteiger partial charge in [0.25, 0.3) is 0 Å². The lowest BCUT2D eigenvalue weighted by atomic mass is 9.64. The highest BCUT2D eigenvalue weighted by Crippen LogP contribution is 2.42. The van der Waals surface area contributed by atoms with Crippen LogP contribution in [0, 0.1) is 23.7 Å². The van der Waals surface area contributed by atoms with Crippen molar-refractivity contribution in [3.63, 3.8) is 0 Å². The van der Waals surface area contributed by atoms with Gasteiger partial charge in [0, 0.05) is 5.92 Å². The van der Waals surface area contributed by atoms with Crippen molar-refractivity contribution in [2.45, 2.75) is 33.1 Å². The summed E-state index contributed by atoms with van der Waals surface area (Å²) in [4.78, 5) is 12.1. The van der Waals surface area contributed by atoms with E-state index in [4.69, 9.17) is 0 Å². The summed E-state index contributed by atoms with van der Waals surface area (Å²) in [6.45, 7) is 8.36. The second kappa shape index (κ2) is 3.96. The first-order valence-corrected chi connectivity index (χ1v) is 6.00. The van der Waals surface area contributed by atoms with Crippen molar-refractivity contribution >= 4 is 5.78 Å². The van der Waals surface area contributed by atoms with Gasteiger partial charge in [-0.25, -0.2) is 0 Å². The molecule has 1 saturated carbocycles. The van der Waals surface area contributed by atoms with Gasteiger partial charge in [0.15, 0.2) is 5.78 Å². The third-order valence-corrected chi connectivity index (χ3v) is 4.00. The van der Waals surface area contributed by atoms with Crippen LogP contribution >= 0.6 is 0 Å². The molecule has 0 N–H and O–H groups in total. The molecule has 1 nitrogen and oxygen atoms in total. The lowest BCUT2D eigenvalue weighted by Crippen LogP contribution is -2.38. The van der Waals surface area contributed by atoms with Crippen molar-refractivity contribution in [3.05, 3.63) is 24.3 Å². The number of Topliss-reactive ketones (excluding diaryl/α,β-unsaturated/α-hetero) is 1. The Balaban J connectivity index is 2.28. The van der Waals surface area contributed by atoms with Gasteiger partial charge in [-0.2, -0.15) is 0 Å². The molecule has 3 unspecified atom stereocenters. The highest BCUT2D eigenvalue weighted by molar-refractivity contribution is 5.98. The minimum Gasteiger partial charge on any atom is -0.294 e. The Kier molecular flexibility index (Phi) is 2.81. The highest BCUT2D eigenvalue weighted by Gasteiger charge is 2.40. The summed E-state index contributed by atoms with van der Waals surface area (Å²) in [6.07, 6.45) is 7.61. The second-order valence-electron chi connectivity index (χ2n) is 5.27. The van der Waals surface area contributed by atoms with Gasteiger partial charge in [-0.05, 0) is 42.6 Å². The van der Waals surface area contributed by atoms with Gasteiger partial charge in [0.1, 0.15) is 0 Å². The van der Waals surface area contributed by atoms with Crippen LogP contribution in [-0.4, -0.2) is 5.78 Å². The van der Waals surface area contributed by atoms with E-state index in [1.54, 1.807) is 0 Å². The van der Waals surface area contributed by atoms with Crippen LogP contribution in [0.5, 0.6) is 0 Å². The third kappa shape index (κ3) is 1.80. The second-order valence-corrected chi connectivity index (χ2v) is 5.27. The van der Waals surface area contributed by atoms with Crippen LogP contribution in [0.1, 0.15) is 33.1 Å². The Morgan fingerprint density at radius 1 is 1.47 bits per heavy atom. The quantitative estimate of drug-likeness (QED) is 0.473. The zero-order valence-electron chi connectivity index (χ0n) is 9.70. The molecule has 0 aliphatic heterocycles. The predicted octanol–water partition coefficient (Wildman–Crippen LogP) is 3.37.